The Balaban J connectivity index is 0.00000220. The van der Waals surface area contributed by atoms with Gasteiger partial charge in [-0.2, -0.15) is 0 Å². The van der Waals surface area contributed by atoms with Crippen molar-refractivity contribution in [2.24, 2.45) is 4.99 Å². The molecule has 0 aromatic rings. The van der Waals surface area contributed by atoms with Crippen molar-refractivity contribution in [1.82, 2.24) is 10.2 Å². The first-order chi connectivity index (χ1) is 9.36. The Hall–Kier alpha value is -0.0900. The Morgan fingerprint density at radius 3 is 2.71 bits per heavy atom. The van der Waals surface area contributed by atoms with Gasteiger partial charge in [0.05, 0.1) is 16.6 Å². The third-order valence-electron chi connectivity index (χ3n) is 4.07. The molecule has 0 aromatic heterocycles. The van der Waals surface area contributed by atoms with Gasteiger partial charge in [-0.05, 0) is 26.7 Å². The summed E-state index contributed by atoms with van der Waals surface area (Å²) in [5, 5.41) is 3.30. The van der Waals surface area contributed by atoms with Crippen LogP contribution < -0.4 is 5.32 Å². The normalized spacial score (nSPS) is 28.0. The second-order valence-corrected chi connectivity index (χ2v) is 8.81. The van der Waals surface area contributed by atoms with Gasteiger partial charge in [0.25, 0.3) is 0 Å². The van der Waals surface area contributed by atoms with Crippen LogP contribution in [-0.4, -0.2) is 69.2 Å². The molecule has 2 heterocycles. The lowest BCUT2D eigenvalue weighted by molar-refractivity contribution is 0.113. The summed E-state index contributed by atoms with van der Waals surface area (Å²) >= 11 is 0. The highest BCUT2D eigenvalue weighted by molar-refractivity contribution is 14.0. The summed E-state index contributed by atoms with van der Waals surface area (Å²) in [5.74, 6) is 0.948. The SMILES string of the molecule is CN=C(NCC1CCCO1)N1CCS(=O)(=O)C(C)(C)C1.I. The average Bonchev–Trinajstić information content (AvgIpc) is 2.87. The van der Waals surface area contributed by atoms with Crippen LogP contribution in [0, 0.1) is 0 Å². The number of hydrogen-bond acceptors (Lipinski definition) is 4. The Bertz CT molecular complexity index is 473. The summed E-state index contributed by atoms with van der Waals surface area (Å²) in [6.07, 6.45) is 2.43. The Kier molecular flexibility index (Phi) is 6.73. The third-order valence-corrected chi connectivity index (χ3v) is 6.60. The summed E-state index contributed by atoms with van der Waals surface area (Å²) in [7, 11) is -1.29. The lowest BCUT2D eigenvalue weighted by Gasteiger charge is -2.39. The number of rotatable bonds is 2. The molecule has 8 heteroatoms. The molecule has 2 aliphatic rings. The summed E-state index contributed by atoms with van der Waals surface area (Å²) in [5.41, 5.74) is 0. The van der Waals surface area contributed by atoms with Gasteiger partial charge in [0, 0.05) is 33.3 Å². The van der Waals surface area contributed by atoms with Crippen LogP contribution in [0.5, 0.6) is 0 Å². The maximum atomic E-state index is 12.0. The second-order valence-electron chi connectivity index (χ2n) is 6.06. The molecule has 1 unspecified atom stereocenters. The van der Waals surface area contributed by atoms with Crippen LogP contribution >= 0.6 is 24.0 Å². The van der Waals surface area contributed by atoms with E-state index >= 15 is 0 Å². The zero-order valence-electron chi connectivity index (χ0n) is 13.0. The number of halogens is 1. The van der Waals surface area contributed by atoms with Crippen LogP contribution in [0.25, 0.3) is 0 Å². The largest absolute Gasteiger partial charge is 0.376 e. The molecule has 2 fully saturated rings. The van der Waals surface area contributed by atoms with Crippen LogP contribution in [0.15, 0.2) is 4.99 Å². The summed E-state index contributed by atoms with van der Waals surface area (Å²) in [4.78, 5) is 6.29. The molecule has 1 N–H and O–H groups in total. The van der Waals surface area contributed by atoms with E-state index in [0.29, 0.717) is 13.1 Å². The Labute approximate surface area is 144 Å². The quantitative estimate of drug-likeness (QED) is 0.399. The van der Waals surface area contributed by atoms with E-state index in [9.17, 15) is 8.42 Å². The third kappa shape index (κ3) is 4.44. The van der Waals surface area contributed by atoms with Gasteiger partial charge in [-0.1, -0.05) is 0 Å². The van der Waals surface area contributed by atoms with Crippen molar-refractivity contribution < 1.29 is 13.2 Å². The lowest BCUT2D eigenvalue weighted by atomic mass is 10.2. The van der Waals surface area contributed by atoms with Crippen LogP contribution in [0.1, 0.15) is 26.7 Å². The molecule has 0 saturated carbocycles. The van der Waals surface area contributed by atoms with Crippen molar-refractivity contribution in [3.05, 3.63) is 0 Å². The summed E-state index contributed by atoms with van der Waals surface area (Å²) in [6.45, 7) is 6.09. The Morgan fingerprint density at radius 1 is 1.48 bits per heavy atom. The molecule has 124 valence electrons. The molecule has 1 atom stereocenters. The molecule has 0 aromatic carbocycles. The molecule has 0 radical (unpaired) electrons. The predicted octanol–water partition coefficient (Wildman–Crippen LogP) is 0.868. The number of sulfone groups is 1. The zero-order chi connectivity index (χ0) is 14.8. The number of nitrogens with zero attached hydrogens (tertiary/aromatic N) is 2. The van der Waals surface area contributed by atoms with Crippen LogP contribution in [-0.2, 0) is 14.6 Å². The number of aliphatic imine (C=N–C) groups is 1. The molecule has 6 nitrogen and oxygen atoms in total. The smallest absolute Gasteiger partial charge is 0.193 e. The van der Waals surface area contributed by atoms with Crippen molar-refractivity contribution in [2.45, 2.75) is 37.5 Å². The minimum atomic E-state index is -3.02. The van der Waals surface area contributed by atoms with E-state index < -0.39 is 14.6 Å². The van der Waals surface area contributed by atoms with E-state index in [4.69, 9.17) is 4.74 Å². The predicted molar refractivity (Wildman–Crippen MR) is 95.2 cm³/mol. The summed E-state index contributed by atoms with van der Waals surface area (Å²) < 4.78 is 28.9. The minimum absolute atomic E-state index is 0. The Morgan fingerprint density at radius 2 is 2.19 bits per heavy atom. The van der Waals surface area contributed by atoms with Gasteiger partial charge < -0.3 is 15.0 Å². The van der Waals surface area contributed by atoms with Gasteiger partial charge in [0.15, 0.2) is 15.8 Å². The molecule has 2 saturated heterocycles. The number of hydrogen-bond donors (Lipinski definition) is 1. The molecular weight excluding hydrogens is 405 g/mol. The number of ether oxygens (including phenoxy) is 1. The first-order valence-electron chi connectivity index (χ1n) is 7.15. The van der Waals surface area contributed by atoms with Crippen molar-refractivity contribution in [2.75, 3.05) is 39.0 Å². The van der Waals surface area contributed by atoms with Gasteiger partial charge >= 0.3 is 0 Å². The molecule has 2 aliphatic heterocycles. The van der Waals surface area contributed by atoms with Gasteiger partial charge in [-0.3, -0.25) is 4.99 Å². The molecule has 0 amide bonds. The molecule has 0 aliphatic carbocycles. The van der Waals surface area contributed by atoms with E-state index in [-0.39, 0.29) is 35.8 Å². The van der Waals surface area contributed by atoms with Gasteiger partial charge in [-0.25, -0.2) is 8.42 Å². The van der Waals surface area contributed by atoms with Gasteiger partial charge in [0.2, 0.25) is 0 Å². The second kappa shape index (κ2) is 7.45. The molecule has 2 rings (SSSR count). The van der Waals surface area contributed by atoms with Crippen molar-refractivity contribution in [3.63, 3.8) is 0 Å². The fourth-order valence-electron chi connectivity index (χ4n) is 2.67. The van der Waals surface area contributed by atoms with Crippen molar-refractivity contribution >= 4 is 39.8 Å². The average molecular weight is 431 g/mol. The molecule has 0 spiro atoms. The molecule has 21 heavy (non-hydrogen) atoms. The first kappa shape index (κ1) is 19.0. The van der Waals surface area contributed by atoms with Gasteiger partial charge in [0.1, 0.15) is 0 Å². The van der Waals surface area contributed by atoms with Crippen LogP contribution in [0.4, 0.5) is 0 Å². The van der Waals surface area contributed by atoms with Gasteiger partial charge in [-0.15, -0.1) is 24.0 Å². The number of nitrogens with one attached hydrogen (secondary N) is 1. The summed E-state index contributed by atoms with van der Waals surface area (Å²) in [6, 6.07) is 0. The topological polar surface area (TPSA) is 71.0 Å². The van der Waals surface area contributed by atoms with E-state index in [0.717, 1.165) is 32.0 Å². The van der Waals surface area contributed by atoms with E-state index in [2.05, 4.69) is 10.3 Å². The molecule has 0 bridgehead atoms. The highest BCUT2D eigenvalue weighted by atomic mass is 127. The van der Waals surface area contributed by atoms with E-state index in [1.54, 1.807) is 20.9 Å². The maximum Gasteiger partial charge on any atom is 0.193 e. The number of guanidine groups is 1. The van der Waals surface area contributed by atoms with Crippen molar-refractivity contribution in [1.29, 1.82) is 0 Å². The maximum absolute atomic E-state index is 12.0. The monoisotopic (exact) mass is 431 g/mol. The van der Waals surface area contributed by atoms with E-state index in [1.165, 1.54) is 0 Å². The highest BCUT2D eigenvalue weighted by Gasteiger charge is 2.41. The first-order valence-corrected chi connectivity index (χ1v) is 8.80. The zero-order valence-corrected chi connectivity index (χ0v) is 16.1. The minimum Gasteiger partial charge on any atom is -0.376 e. The standard InChI is InChI=1S/C13H25N3O3S.HI/c1-13(2)10-16(6-8-20(13,17)18)12(14-3)15-9-11-5-4-7-19-11;/h11H,4-10H2,1-3H3,(H,14,15);1H. The lowest BCUT2D eigenvalue weighted by Crippen LogP contribution is -2.57. The van der Waals surface area contributed by atoms with Crippen LogP contribution in [0.2, 0.25) is 0 Å². The fraction of sp³-hybridized carbons (Fsp3) is 0.923. The molecular formula is C13H26IN3O3S. The highest BCUT2D eigenvalue weighted by Crippen LogP contribution is 2.23. The fourth-order valence-corrected chi connectivity index (χ4v) is 4.03. The van der Waals surface area contributed by atoms with Crippen molar-refractivity contribution in [3.8, 4) is 0 Å². The van der Waals surface area contributed by atoms with E-state index in [1.807, 2.05) is 4.90 Å². The van der Waals surface area contributed by atoms with Crippen LogP contribution in [0.3, 0.4) is 0 Å².